The summed E-state index contributed by atoms with van der Waals surface area (Å²) in [5.41, 5.74) is 2.14. The van der Waals surface area contributed by atoms with E-state index in [1.165, 1.54) is 17.4 Å². The molecule has 10 heteroatoms. The van der Waals surface area contributed by atoms with Crippen LogP contribution in [0.3, 0.4) is 0 Å². The lowest BCUT2D eigenvalue weighted by molar-refractivity contribution is -0.173. The van der Waals surface area contributed by atoms with Crippen LogP contribution in [0.5, 0.6) is 0 Å². The first-order valence-electron chi connectivity index (χ1n) is 12.3. The fourth-order valence-corrected chi connectivity index (χ4v) is 6.56. The maximum atomic E-state index is 14.0. The van der Waals surface area contributed by atoms with Crippen LogP contribution in [-0.4, -0.2) is 21.9 Å². The first-order valence-corrected chi connectivity index (χ1v) is 13.1. The Morgan fingerprint density at radius 3 is 2.62 bits per heavy atom. The number of nitrogens with zero attached hydrogens (tertiary/aromatic N) is 3. The van der Waals surface area contributed by atoms with Crippen molar-refractivity contribution < 1.29 is 18.0 Å². The van der Waals surface area contributed by atoms with Crippen molar-refractivity contribution in [1.29, 1.82) is 5.26 Å². The summed E-state index contributed by atoms with van der Waals surface area (Å²) in [6.07, 6.45) is -2.20. The van der Waals surface area contributed by atoms with Crippen molar-refractivity contribution in [2.75, 3.05) is 10.6 Å². The third-order valence-electron chi connectivity index (χ3n) is 7.45. The molecule has 3 aromatic rings. The zero-order valence-corrected chi connectivity index (χ0v) is 21.6. The van der Waals surface area contributed by atoms with Crippen molar-refractivity contribution in [1.82, 2.24) is 9.78 Å². The van der Waals surface area contributed by atoms with Gasteiger partial charge in [0.15, 0.2) is 11.7 Å². The molecule has 3 atom stereocenters. The molecule has 0 spiro atoms. The number of aromatic nitrogens is 2. The summed E-state index contributed by atoms with van der Waals surface area (Å²) in [7, 11) is 0. The largest absolute Gasteiger partial charge is 0.410 e. The summed E-state index contributed by atoms with van der Waals surface area (Å²) < 4.78 is 42.8. The van der Waals surface area contributed by atoms with Gasteiger partial charge >= 0.3 is 6.18 Å². The SMILES string of the molecule is CC(C)(C)[C@@H]1CCc2c(sc(NC(=O)c3cc4n(n3)[C@H](C(F)(F)F)C[C@@H](c3ccccc3)N4)c2C#N)C1. The third-order valence-corrected chi connectivity index (χ3v) is 8.62. The average molecular weight is 528 g/mol. The van der Waals surface area contributed by atoms with Crippen LogP contribution in [0, 0.1) is 22.7 Å². The Balaban J connectivity index is 1.42. The summed E-state index contributed by atoms with van der Waals surface area (Å²) in [5, 5.41) is 20.2. The van der Waals surface area contributed by atoms with Gasteiger partial charge in [0.1, 0.15) is 16.9 Å². The highest BCUT2D eigenvalue weighted by Gasteiger charge is 2.47. The van der Waals surface area contributed by atoms with Gasteiger partial charge < -0.3 is 10.6 Å². The lowest BCUT2D eigenvalue weighted by Crippen LogP contribution is -2.35. The van der Waals surface area contributed by atoms with E-state index < -0.39 is 24.2 Å². The second-order valence-corrected chi connectivity index (χ2v) is 11.9. The van der Waals surface area contributed by atoms with Gasteiger partial charge in [-0.25, -0.2) is 4.68 Å². The number of rotatable bonds is 3. The van der Waals surface area contributed by atoms with Crippen molar-refractivity contribution in [3.63, 3.8) is 0 Å². The zero-order chi connectivity index (χ0) is 26.5. The summed E-state index contributed by atoms with van der Waals surface area (Å²) >= 11 is 1.38. The van der Waals surface area contributed by atoms with Gasteiger partial charge in [0, 0.05) is 17.4 Å². The Labute approximate surface area is 217 Å². The molecule has 194 valence electrons. The van der Waals surface area contributed by atoms with Crippen LogP contribution in [-0.2, 0) is 12.8 Å². The highest BCUT2D eigenvalue weighted by Crippen LogP contribution is 2.45. The number of hydrogen-bond acceptors (Lipinski definition) is 5. The molecule has 5 rings (SSSR count). The van der Waals surface area contributed by atoms with Gasteiger partial charge in [-0.15, -0.1) is 11.3 Å². The minimum Gasteiger partial charge on any atom is -0.363 e. The van der Waals surface area contributed by atoms with E-state index in [2.05, 4.69) is 42.6 Å². The summed E-state index contributed by atoms with van der Waals surface area (Å²) in [6, 6.07) is 10.0. The van der Waals surface area contributed by atoms with Gasteiger partial charge in [-0.3, -0.25) is 4.79 Å². The van der Waals surface area contributed by atoms with Crippen molar-refractivity contribution in [2.24, 2.45) is 11.3 Å². The highest BCUT2D eigenvalue weighted by atomic mass is 32.1. The molecule has 2 N–H and O–H groups in total. The van der Waals surface area contributed by atoms with Gasteiger partial charge in [-0.05, 0) is 41.7 Å². The maximum Gasteiger partial charge on any atom is 0.410 e. The fraction of sp³-hybridized carbons (Fsp3) is 0.444. The van der Waals surface area contributed by atoms with Crippen LogP contribution in [0.2, 0.25) is 0 Å². The molecule has 1 aliphatic carbocycles. The molecule has 37 heavy (non-hydrogen) atoms. The number of alkyl halides is 3. The first kappa shape index (κ1) is 25.3. The number of amides is 1. The number of benzene rings is 1. The summed E-state index contributed by atoms with van der Waals surface area (Å²) in [6.45, 7) is 6.61. The average Bonchev–Trinajstić information content (AvgIpc) is 3.43. The van der Waals surface area contributed by atoms with Crippen LogP contribution >= 0.6 is 11.3 Å². The molecule has 2 aromatic heterocycles. The molecule has 0 radical (unpaired) electrons. The van der Waals surface area contributed by atoms with E-state index in [4.69, 9.17) is 0 Å². The number of carbonyl (C=O) groups excluding carboxylic acids is 1. The lowest BCUT2D eigenvalue weighted by atomic mass is 9.72. The van der Waals surface area contributed by atoms with E-state index in [-0.39, 0.29) is 23.3 Å². The Morgan fingerprint density at radius 2 is 1.97 bits per heavy atom. The van der Waals surface area contributed by atoms with Crippen LogP contribution < -0.4 is 10.6 Å². The van der Waals surface area contributed by atoms with E-state index in [9.17, 15) is 23.2 Å². The summed E-state index contributed by atoms with van der Waals surface area (Å²) in [4.78, 5) is 14.2. The van der Waals surface area contributed by atoms with Crippen LogP contribution in [0.25, 0.3) is 0 Å². The van der Waals surface area contributed by atoms with E-state index in [0.29, 0.717) is 16.5 Å². The van der Waals surface area contributed by atoms with Crippen molar-refractivity contribution in [3.05, 3.63) is 63.7 Å². The molecule has 0 saturated carbocycles. The molecular weight excluding hydrogens is 499 g/mol. The number of halogens is 3. The fourth-order valence-electron chi connectivity index (χ4n) is 5.29. The first-order chi connectivity index (χ1) is 17.5. The second kappa shape index (κ2) is 9.21. The van der Waals surface area contributed by atoms with E-state index in [0.717, 1.165) is 39.9 Å². The number of carbonyl (C=O) groups is 1. The van der Waals surface area contributed by atoms with Gasteiger partial charge in [-0.1, -0.05) is 51.1 Å². The van der Waals surface area contributed by atoms with Crippen molar-refractivity contribution in [2.45, 2.75) is 64.7 Å². The number of anilines is 2. The number of thiophene rings is 1. The Morgan fingerprint density at radius 1 is 1.24 bits per heavy atom. The molecule has 0 saturated heterocycles. The highest BCUT2D eigenvalue weighted by molar-refractivity contribution is 7.16. The molecule has 1 aromatic carbocycles. The molecule has 0 fully saturated rings. The van der Waals surface area contributed by atoms with Gasteiger partial charge in [0.2, 0.25) is 0 Å². The normalized spacial score (nSPS) is 21.4. The number of nitriles is 1. The molecule has 1 aliphatic heterocycles. The molecule has 1 amide bonds. The second-order valence-electron chi connectivity index (χ2n) is 10.8. The molecule has 6 nitrogen and oxygen atoms in total. The molecular formula is C27H28F3N5OS. The third kappa shape index (κ3) is 4.85. The summed E-state index contributed by atoms with van der Waals surface area (Å²) in [5.74, 6) is -0.0357. The number of nitrogens with one attached hydrogen (secondary N) is 2. The van der Waals surface area contributed by atoms with Gasteiger partial charge in [0.05, 0.1) is 11.6 Å². The predicted octanol–water partition coefficient (Wildman–Crippen LogP) is 6.88. The Kier molecular flexibility index (Phi) is 6.31. The maximum absolute atomic E-state index is 14.0. The Hall–Kier alpha value is -3.32. The van der Waals surface area contributed by atoms with E-state index in [1.807, 2.05) is 0 Å². The van der Waals surface area contributed by atoms with E-state index in [1.54, 1.807) is 30.3 Å². The van der Waals surface area contributed by atoms with E-state index >= 15 is 0 Å². The predicted molar refractivity (Wildman–Crippen MR) is 137 cm³/mol. The minimum atomic E-state index is -4.53. The standard InChI is InChI=1S/C27H28F3N5OS/c1-26(2,3)16-9-10-17-18(14-31)25(37-21(17)11-16)33-24(36)20-13-23-32-19(15-7-5-4-6-8-15)12-22(27(28,29)30)35(23)34-20/h4-8,13,16,19,22,32H,9-12H2,1-3H3,(H,33,36)/t16-,19+,22+/m1/s1. The van der Waals surface area contributed by atoms with Crippen LogP contribution in [0.15, 0.2) is 36.4 Å². The number of fused-ring (bicyclic) bond motifs is 2. The quantitative estimate of drug-likeness (QED) is 0.389. The lowest BCUT2D eigenvalue weighted by Gasteiger charge is -2.33. The van der Waals surface area contributed by atoms with Crippen molar-refractivity contribution in [3.8, 4) is 6.07 Å². The van der Waals surface area contributed by atoms with Crippen LogP contribution in [0.4, 0.5) is 24.0 Å². The minimum absolute atomic E-state index is 0.131. The van der Waals surface area contributed by atoms with Crippen LogP contribution in [0.1, 0.15) is 77.8 Å². The zero-order valence-electron chi connectivity index (χ0n) is 20.8. The Bertz CT molecular complexity index is 1360. The van der Waals surface area contributed by atoms with Crippen molar-refractivity contribution >= 4 is 28.1 Å². The molecule has 3 heterocycles. The van der Waals surface area contributed by atoms with Gasteiger partial charge in [-0.2, -0.15) is 23.5 Å². The number of hydrogen-bond donors (Lipinski definition) is 2. The topological polar surface area (TPSA) is 82.7 Å². The van der Waals surface area contributed by atoms with Gasteiger partial charge in [0.25, 0.3) is 5.91 Å². The molecule has 0 unspecified atom stereocenters. The smallest absolute Gasteiger partial charge is 0.363 e. The monoisotopic (exact) mass is 527 g/mol. The molecule has 0 bridgehead atoms. The molecule has 2 aliphatic rings.